The fourth-order valence-corrected chi connectivity index (χ4v) is 3.84. The second kappa shape index (κ2) is 17.6. The lowest BCUT2D eigenvalue weighted by molar-refractivity contribution is 0.0516. The molecule has 2 amide bonds. The zero-order valence-electron chi connectivity index (χ0n) is 25.1. The molecule has 1 unspecified atom stereocenters. The number of nitrogens with zero attached hydrogens (tertiary/aromatic N) is 2. The van der Waals surface area contributed by atoms with E-state index in [0.29, 0.717) is 36.1 Å². The number of ether oxygens (including phenoxy) is 2. The van der Waals surface area contributed by atoms with Gasteiger partial charge in [-0.05, 0) is 75.6 Å². The lowest BCUT2D eigenvalue weighted by Crippen LogP contribution is -2.27. The lowest BCUT2D eigenvalue weighted by Gasteiger charge is -2.18. The summed E-state index contributed by atoms with van der Waals surface area (Å²) in [6.07, 6.45) is 1.53. The first-order valence-electron chi connectivity index (χ1n) is 13.7. The number of carbonyl (C=O) groups is 5. The minimum atomic E-state index is -0.762. The van der Waals surface area contributed by atoms with E-state index in [2.05, 4.69) is 0 Å². The number of rotatable bonds is 12. The second-order valence-electron chi connectivity index (χ2n) is 9.38. The summed E-state index contributed by atoms with van der Waals surface area (Å²) in [6, 6.07) is 9.03. The van der Waals surface area contributed by atoms with E-state index < -0.39 is 18.0 Å². The van der Waals surface area contributed by atoms with Crippen molar-refractivity contribution in [2.75, 3.05) is 40.4 Å². The number of aliphatic hydroxyl groups is 1. The summed E-state index contributed by atoms with van der Waals surface area (Å²) in [5.74, 6) is -1.43. The first kappa shape index (κ1) is 35.0. The van der Waals surface area contributed by atoms with E-state index in [9.17, 15) is 29.1 Å². The van der Waals surface area contributed by atoms with Crippen LogP contribution in [0, 0.1) is 0 Å². The molecule has 41 heavy (non-hydrogen) atoms. The molecule has 0 fully saturated rings. The van der Waals surface area contributed by atoms with Crippen molar-refractivity contribution in [3.05, 3.63) is 69.8 Å². The van der Waals surface area contributed by atoms with Gasteiger partial charge in [-0.15, -0.1) is 0 Å². The third-order valence-electron chi connectivity index (χ3n) is 5.86. The van der Waals surface area contributed by atoms with Crippen molar-refractivity contribution in [1.82, 2.24) is 9.80 Å². The maximum Gasteiger partial charge on any atom is 0.338 e. The van der Waals surface area contributed by atoms with E-state index in [1.165, 1.54) is 24.3 Å². The highest BCUT2D eigenvalue weighted by Crippen LogP contribution is 2.19. The normalized spacial score (nSPS) is 10.9. The third-order valence-corrected chi connectivity index (χ3v) is 5.86. The Hall–Kier alpha value is -4.05. The topological polar surface area (TPSA) is 131 Å². The first-order valence-corrected chi connectivity index (χ1v) is 13.7. The number of aldehydes is 1. The molecule has 0 aromatic heterocycles. The molecule has 10 nitrogen and oxygen atoms in total. The van der Waals surface area contributed by atoms with Gasteiger partial charge in [-0.3, -0.25) is 14.4 Å². The van der Waals surface area contributed by atoms with Crippen LogP contribution in [0.3, 0.4) is 0 Å². The second-order valence-corrected chi connectivity index (χ2v) is 9.38. The molecule has 224 valence electrons. The van der Waals surface area contributed by atoms with E-state index in [0.717, 1.165) is 12.8 Å². The minimum Gasteiger partial charge on any atom is -0.462 e. The Balaban J connectivity index is 0.000000410. The predicted octanol–water partition coefficient (Wildman–Crippen LogP) is 4.56. The Morgan fingerprint density at radius 3 is 1.51 bits per heavy atom. The molecule has 0 bridgehead atoms. The molecule has 2 rings (SSSR count). The molecule has 10 heteroatoms. The van der Waals surface area contributed by atoms with Gasteiger partial charge in [0.1, 0.15) is 6.29 Å². The Kier molecular flexibility index (Phi) is 15.0. The van der Waals surface area contributed by atoms with Gasteiger partial charge >= 0.3 is 11.9 Å². The average Bonchev–Trinajstić information content (AvgIpc) is 2.96. The van der Waals surface area contributed by atoms with Crippen LogP contribution in [0.2, 0.25) is 0 Å². The van der Waals surface area contributed by atoms with Crippen LogP contribution >= 0.6 is 0 Å². The Morgan fingerprint density at radius 2 is 1.12 bits per heavy atom. The third kappa shape index (κ3) is 10.8. The van der Waals surface area contributed by atoms with Gasteiger partial charge in [-0.1, -0.05) is 13.8 Å². The molecule has 2 aromatic carbocycles. The van der Waals surface area contributed by atoms with Gasteiger partial charge in [0.15, 0.2) is 0 Å². The summed E-state index contributed by atoms with van der Waals surface area (Å²) in [5, 5.41) is 9.73. The van der Waals surface area contributed by atoms with Crippen LogP contribution < -0.4 is 0 Å². The largest absolute Gasteiger partial charge is 0.462 e. The number of carbonyl (C=O) groups excluding carboxylic acids is 5. The van der Waals surface area contributed by atoms with Crippen LogP contribution in [0.4, 0.5) is 0 Å². The molecule has 2 aromatic rings. The first-order chi connectivity index (χ1) is 19.4. The van der Waals surface area contributed by atoms with E-state index >= 15 is 0 Å². The highest BCUT2D eigenvalue weighted by Gasteiger charge is 2.18. The van der Waals surface area contributed by atoms with Crippen LogP contribution in [0.5, 0.6) is 0 Å². The van der Waals surface area contributed by atoms with Crippen LogP contribution in [0.15, 0.2) is 36.4 Å². The number of hydrogen-bond acceptors (Lipinski definition) is 8. The smallest absolute Gasteiger partial charge is 0.338 e. The lowest BCUT2D eigenvalue weighted by atomic mass is 10.0. The van der Waals surface area contributed by atoms with Crippen molar-refractivity contribution in [3.8, 4) is 0 Å². The van der Waals surface area contributed by atoms with E-state index in [4.69, 9.17) is 9.47 Å². The van der Waals surface area contributed by atoms with Crippen molar-refractivity contribution in [2.24, 2.45) is 0 Å². The van der Waals surface area contributed by atoms with Crippen molar-refractivity contribution >= 4 is 30.0 Å². The van der Waals surface area contributed by atoms with Crippen molar-refractivity contribution < 1.29 is 38.6 Å². The molecule has 1 N–H and O–H groups in total. The van der Waals surface area contributed by atoms with Gasteiger partial charge in [-0.2, -0.15) is 0 Å². The number of hydrogen-bond donors (Lipinski definition) is 1. The van der Waals surface area contributed by atoms with Gasteiger partial charge in [0.25, 0.3) is 11.8 Å². The van der Waals surface area contributed by atoms with Gasteiger partial charge in [-0.25, -0.2) is 9.59 Å². The number of esters is 2. The molecular formula is C31H42N2O8. The number of amides is 2. The van der Waals surface area contributed by atoms with Gasteiger partial charge < -0.3 is 24.4 Å². The Labute approximate surface area is 242 Å². The molecular weight excluding hydrogens is 528 g/mol. The van der Waals surface area contributed by atoms with Crippen molar-refractivity contribution in [1.29, 1.82) is 0 Å². The highest BCUT2D eigenvalue weighted by molar-refractivity contribution is 6.00. The zero-order chi connectivity index (χ0) is 31.1. The summed E-state index contributed by atoms with van der Waals surface area (Å²) in [5.41, 5.74) is 1.99. The molecule has 0 aliphatic heterocycles. The molecule has 0 aliphatic rings. The number of aliphatic hydroxyl groups excluding tert-OH is 1. The quantitative estimate of drug-likeness (QED) is 0.290. The molecule has 1 atom stereocenters. The molecule has 0 heterocycles. The molecule has 0 saturated heterocycles. The summed E-state index contributed by atoms with van der Waals surface area (Å²) in [7, 11) is 3.40. The van der Waals surface area contributed by atoms with Gasteiger partial charge in [0, 0.05) is 43.9 Å². The average molecular weight is 571 g/mol. The zero-order valence-corrected chi connectivity index (χ0v) is 25.1. The molecule has 0 aliphatic carbocycles. The summed E-state index contributed by atoms with van der Waals surface area (Å²) < 4.78 is 9.85. The van der Waals surface area contributed by atoms with Gasteiger partial charge in [0.05, 0.1) is 30.4 Å². The van der Waals surface area contributed by atoms with E-state index in [1.807, 2.05) is 13.8 Å². The Morgan fingerprint density at radius 1 is 0.732 bits per heavy atom. The van der Waals surface area contributed by atoms with E-state index in [1.54, 1.807) is 56.8 Å². The highest BCUT2D eigenvalue weighted by atomic mass is 16.5. The maximum atomic E-state index is 12.3. The van der Waals surface area contributed by atoms with Crippen LogP contribution in [-0.4, -0.2) is 85.3 Å². The predicted molar refractivity (Wildman–Crippen MR) is 155 cm³/mol. The Bertz CT molecular complexity index is 1210. The van der Waals surface area contributed by atoms with Crippen molar-refractivity contribution in [3.63, 3.8) is 0 Å². The van der Waals surface area contributed by atoms with Crippen molar-refractivity contribution in [2.45, 2.75) is 53.6 Å². The standard InChI is InChI=1S/C16H23NO4.C15H19NO4/c1-5-7-17(4)15(19)13-8-12(11(3)18)9-14(10-13)16(20)21-6-2;1-4-6-16(3)14(18)12-7-11(10-17)8-13(9-12)15(19)20-5-2/h8-11,18H,5-7H2,1-4H3;7-10H,4-6H2,1-3H3. The maximum absolute atomic E-state index is 12.3. The summed E-state index contributed by atoms with van der Waals surface area (Å²) in [4.78, 5) is 62.2. The van der Waals surface area contributed by atoms with E-state index in [-0.39, 0.29) is 41.7 Å². The van der Waals surface area contributed by atoms with Gasteiger partial charge in [0.2, 0.25) is 0 Å². The molecule has 0 spiro atoms. The van der Waals surface area contributed by atoms with Crippen LogP contribution in [0.25, 0.3) is 0 Å². The molecule has 0 radical (unpaired) electrons. The van der Waals surface area contributed by atoms with Crippen LogP contribution in [0.1, 0.15) is 111 Å². The summed E-state index contributed by atoms with van der Waals surface area (Å²) in [6.45, 7) is 10.7. The molecule has 0 saturated carbocycles. The monoisotopic (exact) mass is 570 g/mol. The fourth-order valence-electron chi connectivity index (χ4n) is 3.84. The fraction of sp³-hybridized carbons (Fsp3) is 0.452. The minimum absolute atomic E-state index is 0.176. The number of benzene rings is 2. The summed E-state index contributed by atoms with van der Waals surface area (Å²) >= 11 is 0. The van der Waals surface area contributed by atoms with Crippen LogP contribution in [-0.2, 0) is 9.47 Å². The SMILES string of the molecule is CCCN(C)C(=O)c1cc(C(=O)OCC)cc(C(C)O)c1.CCCN(C)C(=O)c1cc(C=O)cc(C(=O)OCC)c1.